The fraction of sp³-hybridized carbons (Fsp3) is 0. The van der Waals surface area contributed by atoms with Crippen LogP contribution in [-0.2, 0) is 0 Å². The normalized spacial score (nSPS) is 11.3. The Morgan fingerprint density at radius 2 is 2.11 bits per heavy atom. The molecule has 0 saturated heterocycles. The van der Waals surface area contributed by atoms with Gasteiger partial charge in [0.1, 0.15) is 23.0 Å². The van der Waals surface area contributed by atoms with Crippen LogP contribution in [0.15, 0.2) is 47.8 Å². The Bertz CT molecular complexity index is 570. The van der Waals surface area contributed by atoms with Crippen LogP contribution in [0.2, 0.25) is 0 Å². The van der Waals surface area contributed by atoms with Gasteiger partial charge in [-0.2, -0.15) is 0 Å². The zero-order valence-corrected chi connectivity index (χ0v) is 9.25. The number of nitrogens with zero attached hydrogens (tertiary/aromatic N) is 2. The zero-order valence-electron chi connectivity index (χ0n) is 9.25. The minimum absolute atomic E-state index is 0.0905. The van der Waals surface area contributed by atoms with E-state index < -0.39 is 0 Å². The molecule has 2 rings (SSSR count). The van der Waals surface area contributed by atoms with Crippen molar-refractivity contribution in [2.45, 2.75) is 0 Å². The molecule has 0 saturated carbocycles. The van der Waals surface area contributed by atoms with Crippen molar-refractivity contribution in [3.8, 4) is 11.5 Å². The van der Waals surface area contributed by atoms with Crippen LogP contribution in [0, 0.1) is 5.82 Å². The second-order valence-electron chi connectivity index (χ2n) is 3.42. The number of amidine groups is 1. The first-order chi connectivity index (χ1) is 8.69. The molecular formula is C12H10FN3O2. The van der Waals surface area contributed by atoms with Crippen LogP contribution in [0.1, 0.15) is 5.69 Å². The predicted molar refractivity (Wildman–Crippen MR) is 63.2 cm³/mol. The summed E-state index contributed by atoms with van der Waals surface area (Å²) < 4.78 is 18.3. The topological polar surface area (TPSA) is 80.7 Å². The highest BCUT2D eigenvalue weighted by Crippen LogP contribution is 2.21. The number of hydrogen-bond donors (Lipinski definition) is 2. The summed E-state index contributed by atoms with van der Waals surface area (Å²) in [6, 6.07) is 8.88. The molecule has 5 nitrogen and oxygen atoms in total. The summed E-state index contributed by atoms with van der Waals surface area (Å²) >= 11 is 0. The maximum atomic E-state index is 12.9. The molecule has 0 bridgehead atoms. The van der Waals surface area contributed by atoms with Crippen molar-refractivity contribution in [1.82, 2.24) is 4.98 Å². The molecule has 2 aromatic rings. The number of halogens is 1. The molecule has 0 aliphatic rings. The van der Waals surface area contributed by atoms with E-state index >= 15 is 0 Å². The quantitative estimate of drug-likeness (QED) is 0.376. The molecule has 0 amide bonds. The fourth-order valence-corrected chi connectivity index (χ4v) is 1.31. The van der Waals surface area contributed by atoms with Gasteiger partial charge >= 0.3 is 0 Å². The summed E-state index contributed by atoms with van der Waals surface area (Å²) in [5.41, 5.74) is 5.69. The van der Waals surface area contributed by atoms with Crippen LogP contribution >= 0.6 is 0 Å². The van der Waals surface area contributed by atoms with Crippen molar-refractivity contribution < 1.29 is 14.3 Å². The van der Waals surface area contributed by atoms with Crippen molar-refractivity contribution in [3.05, 3.63) is 54.1 Å². The van der Waals surface area contributed by atoms with Crippen LogP contribution in [-0.4, -0.2) is 16.0 Å². The summed E-state index contributed by atoms with van der Waals surface area (Å²) in [7, 11) is 0. The van der Waals surface area contributed by atoms with Gasteiger partial charge in [0.05, 0.1) is 6.20 Å². The van der Waals surface area contributed by atoms with Gasteiger partial charge in [0.25, 0.3) is 0 Å². The fourth-order valence-electron chi connectivity index (χ4n) is 1.31. The average molecular weight is 247 g/mol. The molecule has 1 heterocycles. The molecule has 3 N–H and O–H groups in total. The second kappa shape index (κ2) is 5.13. The van der Waals surface area contributed by atoms with Crippen molar-refractivity contribution >= 4 is 5.84 Å². The van der Waals surface area contributed by atoms with E-state index in [1.165, 1.54) is 24.4 Å². The van der Waals surface area contributed by atoms with Crippen molar-refractivity contribution in [1.29, 1.82) is 0 Å². The maximum absolute atomic E-state index is 12.9. The number of rotatable bonds is 3. The number of aromatic nitrogens is 1. The molecule has 0 radical (unpaired) electrons. The third-order valence-electron chi connectivity index (χ3n) is 2.14. The molecule has 92 valence electrons. The third-order valence-corrected chi connectivity index (χ3v) is 2.14. The van der Waals surface area contributed by atoms with Gasteiger partial charge in [-0.1, -0.05) is 11.2 Å². The maximum Gasteiger partial charge on any atom is 0.188 e. The molecule has 6 heteroatoms. The van der Waals surface area contributed by atoms with Gasteiger partial charge in [-0.15, -0.1) is 0 Å². The highest BCUT2D eigenvalue weighted by atomic mass is 19.1. The number of hydrogen-bond acceptors (Lipinski definition) is 4. The lowest BCUT2D eigenvalue weighted by Gasteiger charge is -2.05. The Balaban J connectivity index is 2.16. The zero-order chi connectivity index (χ0) is 13.0. The first-order valence-corrected chi connectivity index (χ1v) is 5.06. The predicted octanol–water partition coefficient (Wildman–Crippen LogP) is 2.11. The number of pyridine rings is 1. The lowest BCUT2D eigenvalue weighted by molar-refractivity contribution is 0.318. The van der Waals surface area contributed by atoms with Gasteiger partial charge in [-0.05, 0) is 24.3 Å². The number of ether oxygens (including phenoxy) is 1. The second-order valence-corrected chi connectivity index (χ2v) is 3.42. The van der Waals surface area contributed by atoms with Gasteiger partial charge in [-0.25, -0.2) is 9.37 Å². The largest absolute Gasteiger partial charge is 0.456 e. The summed E-state index contributed by atoms with van der Waals surface area (Å²) in [6.07, 6.45) is 1.40. The molecular weight excluding hydrogens is 237 g/mol. The molecule has 18 heavy (non-hydrogen) atoms. The highest BCUT2D eigenvalue weighted by Gasteiger charge is 2.03. The molecule has 0 aliphatic heterocycles. The van der Waals surface area contributed by atoms with Gasteiger partial charge in [0.2, 0.25) is 0 Å². The Kier molecular flexibility index (Phi) is 3.38. The van der Waals surface area contributed by atoms with Crippen LogP contribution < -0.4 is 10.5 Å². The van der Waals surface area contributed by atoms with Gasteiger partial charge in [-0.3, -0.25) is 0 Å². The van der Waals surface area contributed by atoms with Crippen molar-refractivity contribution in [2.24, 2.45) is 10.9 Å². The molecule has 0 aliphatic carbocycles. The monoisotopic (exact) mass is 247 g/mol. The summed E-state index contributed by atoms with van der Waals surface area (Å²) in [4.78, 5) is 3.93. The standard InChI is InChI=1S/C12H10FN3O2/c13-8-2-1-3-9(6-8)18-10-4-5-11(15-7-10)12(14)16-17/h1-7,17H,(H2,14,16). The minimum atomic E-state index is -0.381. The van der Waals surface area contributed by atoms with E-state index in [2.05, 4.69) is 10.1 Å². The Morgan fingerprint density at radius 1 is 1.28 bits per heavy atom. The van der Waals surface area contributed by atoms with Gasteiger partial charge < -0.3 is 15.7 Å². The van der Waals surface area contributed by atoms with Crippen LogP contribution in [0.25, 0.3) is 0 Å². The summed E-state index contributed by atoms with van der Waals surface area (Å²) in [6.45, 7) is 0. The molecule has 1 aromatic carbocycles. The van der Waals surface area contributed by atoms with Crippen molar-refractivity contribution in [3.63, 3.8) is 0 Å². The van der Waals surface area contributed by atoms with Gasteiger partial charge in [0.15, 0.2) is 5.84 Å². The first-order valence-electron chi connectivity index (χ1n) is 5.06. The molecule has 0 atom stereocenters. The molecule has 0 spiro atoms. The Morgan fingerprint density at radius 3 is 2.72 bits per heavy atom. The minimum Gasteiger partial charge on any atom is -0.456 e. The average Bonchev–Trinajstić information content (AvgIpc) is 2.39. The lowest BCUT2D eigenvalue weighted by atomic mass is 10.3. The lowest BCUT2D eigenvalue weighted by Crippen LogP contribution is -2.14. The van der Waals surface area contributed by atoms with E-state index in [0.29, 0.717) is 17.2 Å². The molecule has 1 aromatic heterocycles. The number of nitrogens with two attached hydrogens (primary N) is 1. The Hall–Kier alpha value is -2.63. The number of oxime groups is 1. The summed E-state index contributed by atoms with van der Waals surface area (Å²) in [5, 5.41) is 11.3. The number of benzene rings is 1. The third kappa shape index (κ3) is 2.73. The van der Waals surface area contributed by atoms with E-state index in [4.69, 9.17) is 15.7 Å². The van der Waals surface area contributed by atoms with Crippen molar-refractivity contribution in [2.75, 3.05) is 0 Å². The SMILES string of the molecule is N/C(=N/O)c1ccc(Oc2cccc(F)c2)cn1. The Labute approximate surface area is 102 Å². The van der Waals surface area contributed by atoms with E-state index in [9.17, 15) is 4.39 Å². The first kappa shape index (κ1) is 11.8. The molecule has 0 unspecified atom stereocenters. The van der Waals surface area contributed by atoms with E-state index in [1.54, 1.807) is 18.2 Å². The molecule has 0 fully saturated rings. The van der Waals surface area contributed by atoms with Crippen LogP contribution in [0.3, 0.4) is 0 Å². The van der Waals surface area contributed by atoms with Crippen LogP contribution in [0.5, 0.6) is 11.5 Å². The van der Waals surface area contributed by atoms with Crippen LogP contribution in [0.4, 0.5) is 4.39 Å². The van der Waals surface area contributed by atoms with E-state index in [-0.39, 0.29) is 11.7 Å². The van der Waals surface area contributed by atoms with E-state index in [0.717, 1.165) is 0 Å². The highest BCUT2D eigenvalue weighted by molar-refractivity contribution is 5.95. The smallest absolute Gasteiger partial charge is 0.188 e. The summed E-state index contributed by atoms with van der Waals surface area (Å²) in [5.74, 6) is 0.324. The van der Waals surface area contributed by atoms with Gasteiger partial charge in [0, 0.05) is 6.07 Å². The van der Waals surface area contributed by atoms with E-state index in [1.807, 2.05) is 0 Å².